The molecule has 4 aromatic rings. The van der Waals surface area contributed by atoms with Crippen molar-refractivity contribution in [2.45, 2.75) is 6.18 Å². The third-order valence-electron chi connectivity index (χ3n) is 3.72. The Kier molecular flexibility index (Phi) is 3.24. The zero-order chi connectivity index (χ0) is 17.6. The van der Waals surface area contributed by atoms with Crippen molar-refractivity contribution in [3.63, 3.8) is 0 Å². The fraction of sp³-hybridized carbons (Fsp3) is 0.0625. The van der Waals surface area contributed by atoms with E-state index in [4.69, 9.17) is 0 Å². The molecule has 0 aliphatic heterocycles. The van der Waals surface area contributed by atoms with Crippen LogP contribution in [0.25, 0.3) is 21.8 Å². The molecule has 1 aromatic carbocycles. The van der Waals surface area contributed by atoms with Gasteiger partial charge in [-0.1, -0.05) is 0 Å². The Morgan fingerprint density at radius 3 is 2.72 bits per heavy atom. The second-order valence-electron chi connectivity index (χ2n) is 5.35. The Morgan fingerprint density at radius 2 is 1.92 bits per heavy atom. The molecule has 0 unspecified atom stereocenters. The number of H-pyrrole nitrogens is 1. The molecule has 0 fully saturated rings. The molecule has 9 heteroatoms. The van der Waals surface area contributed by atoms with E-state index < -0.39 is 11.9 Å². The van der Waals surface area contributed by atoms with Gasteiger partial charge in [0, 0.05) is 22.7 Å². The average molecular weight is 345 g/mol. The van der Waals surface area contributed by atoms with E-state index >= 15 is 0 Å². The number of alkyl halides is 3. The van der Waals surface area contributed by atoms with Crippen LogP contribution >= 0.6 is 0 Å². The van der Waals surface area contributed by atoms with E-state index in [1.54, 1.807) is 18.3 Å². The van der Waals surface area contributed by atoms with Gasteiger partial charge in [-0.15, -0.1) is 0 Å². The first-order valence-electron chi connectivity index (χ1n) is 7.18. The molecule has 0 spiro atoms. The van der Waals surface area contributed by atoms with Crippen molar-refractivity contribution in [3.8, 4) is 5.75 Å². The van der Waals surface area contributed by atoms with Crippen molar-refractivity contribution in [1.29, 1.82) is 0 Å². The molecule has 3 N–H and O–H groups in total. The lowest BCUT2D eigenvalue weighted by molar-refractivity contribution is -0.139. The van der Waals surface area contributed by atoms with E-state index in [0.29, 0.717) is 17.0 Å². The summed E-state index contributed by atoms with van der Waals surface area (Å²) < 4.78 is 39.1. The van der Waals surface area contributed by atoms with Gasteiger partial charge in [0.2, 0.25) is 0 Å². The topological polar surface area (TPSA) is 86.7 Å². The molecular formula is C16H10F3N5O. The summed E-state index contributed by atoms with van der Waals surface area (Å²) in [6.07, 6.45) is -2.21. The highest BCUT2D eigenvalue weighted by molar-refractivity contribution is 5.94. The number of hydrogen-bond acceptors (Lipinski definition) is 5. The highest BCUT2D eigenvalue weighted by atomic mass is 19.4. The molecular weight excluding hydrogens is 335 g/mol. The number of hydrogen-bond donors (Lipinski definition) is 3. The van der Waals surface area contributed by atoms with Crippen LogP contribution < -0.4 is 5.32 Å². The van der Waals surface area contributed by atoms with Crippen LogP contribution in [-0.2, 0) is 6.18 Å². The van der Waals surface area contributed by atoms with E-state index in [9.17, 15) is 18.3 Å². The molecule has 3 aromatic heterocycles. The molecule has 0 saturated heterocycles. The Hall–Kier alpha value is -3.36. The molecule has 0 aliphatic rings. The van der Waals surface area contributed by atoms with Gasteiger partial charge < -0.3 is 10.4 Å². The number of aromatic hydroxyl groups is 1. The van der Waals surface area contributed by atoms with Crippen LogP contribution in [-0.4, -0.2) is 25.3 Å². The van der Waals surface area contributed by atoms with Crippen molar-refractivity contribution in [1.82, 2.24) is 20.2 Å². The predicted octanol–water partition coefficient (Wildman–Crippen LogP) is 3.97. The largest absolute Gasteiger partial charge is 0.506 e. The number of pyridine rings is 2. The standard InChI is InChI=1S/C16H10F3N5O/c17-16(18,19)14-9-4-3-8(6-10(9)12(25)7-21-14)22-15-13-11(23-24-15)2-1-5-20-13/h1-7,25H,(H2,22,23,24). The maximum Gasteiger partial charge on any atom is 0.433 e. The molecule has 0 amide bonds. The molecule has 4 rings (SSSR count). The van der Waals surface area contributed by atoms with E-state index in [1.165, 1.54) is 18.2 Å². The summed E-state index contributed by atoms with van der Waals surface area (Å²) in [4.78, 5) is 7.50. The third kappa shape index (κ3) is 2.59. The monoisotopic (exact) mass is 345 g/mol. The van der Waals surface area contributed by atoms with Crippen LogP contribution in [0.4, 0.5) is 24.7 Å². The van der Waals surface area contributed by atoms with Crippen molar-refractivity contribution >= 4 is 33.3 Å². The first-order valence-corrected chi connectivity index (χ1v) is 7.18. The summed E-state index contributed by atoms with van der Waals surface area (Å²) in [5.41, 5.74) is 0.731. The number of benzene rings is 1. The fourth-order valence-corrected chi connectivity index (χ4v) is 2.61. The van der Waals surface area contributed by atoms with Crippen molar-refractivity contribution < 1.29 is 18.3 Å². The summed E-state index contributed by atoms with van der Waals surface area (Å²) in [6.45, 7) is 0. The quantitative estimate of drug-likeness (QED) is 0.512. The van der Waals surface area contributed by atoms with Crippen LogP contribution in [0.1, 0.15) is 5.69 Å². The summed E-state index contributed by atoms with van der Waals surface area (Å²) >= 11 is 0. The van der Waals surface area contributed by atoms with Gasteiger partial charge in [0.1, 0.15) is 11.3 Å². The molecule has 0 atom stereocenters. The Bertz CT molecular complexity index is 1090. The van der Waals surface area contributed by atoms with Crippen molar-refractivity contribution in [2.75, 3.05) is 5.32 Å². The van der Waals surface area contributed by atoms with Crippen LogP contribution in [0.2, 0.25) is 0 Å². The van der Waals surface area contributed by atoms with Crippen LogP contribution in [0.5, 0.6) is 5.75 Å². The summed E-state index contributed by atoms with van der Waals surface area (Å²) in [7, 11) is 0. The highest BCUT2D eigenvalue weighted by Crippen LogP contribution is 2.37. The Labute approximate surface area is 138 Å². The first kappa shape index (κ1) is 15.2. The smallest absolute Gasteiger partial charge is 0.433 e. The van der Waals surface area contributed by atoms with Crippen LogP contribution in [0.3, 0.4) is 0 Å². The van der Waals surface area contributed by atoms with Crippen LogP contribution in [0, 0.1) is 0 Å². The van der Waals surface area contributed by atoms with Gasteiger partial charge in [-0.05, 0) is 30.3 Å². The van der Waals surface area contributed by atoms with Crippen molar-refractivity contribution in [2.24, 2.45) is 0 Å². The first-order chi connectivity index (χ1) is 11.9. The second kappa shape index (κ2) is 5.33. The number of rotatable bonds is 2. The second-order valence-corrected chi connectivity index (χ2v) is 5.35. The number of halogens is 3. The minimum absolute atomic E-state index is 0.0418. The zero-order valence-electron chi connectivity index (χ0n) is 12.5. The highest BCUT2D eigenvalue weighted by Gasteiger charge is 2.35. The molecule has 0 aliphatic carbocycles. The lowest BCUT2D eigenvalue weighted by Gasteiger charge is -2.12. The minimum Gasteiger partial charge on any atom is -0.506 e. The maximum absolute atomic E-state index is 13.0. The third-order valence-corrected chi connectivity index (χ3v) is 3.72. The summed E-state index contributed by atoms with van der Waals surface area (Å²) in [5.74, 6) is 0.0937. The van der Waals surface area contributed by atoms with Gasteiger partial charge in [0.15, 0.2) is 11.5 Å². The SMILES string of the molecule is Oc1cnc(C(F)(F)F)c2ccc(Nc3n[nH]c4cccnc34)cc12. The number of aromatic amines is 1. The fourth-order valence-electron chi connectivity index (χ4n) is 2.61. The number of anilines is 2. The van der Waals surface area contributed by atoms with Gasteiger partial charge in [0.25, 0.3) is 0 Å². The maximum atomic E-state index is 13.0. The minimum atomic E-state index is -4.61. The number of nitrogens with zero attached hydrogens (tertiary/aromatic N) is 3. The van der Waals surface area contributed by atoms with Gasteiger partial charge in [0.05, 0.1) is 11.7 Å². The lowest BCUT2D eigenvalue weighted by atomic mass is 10.1. The van der Waals surface area contributed by atoms with E-state index in [2.05, 4.69) is 25.5 Å². The van der Waals surface area contributed by atoms with Crippen LogP contribution in [0.15, 0.2) is 42.7 Å². The normalized spacial score (nSPS) is 12.0. The van der Waals surface area contributed by atoms with E-state index in [-0.39, 0.29) is 16.5 Å². The average Bonchev–Trinajstić information content (AvgIpc) is 2.98. The molecule has 3 heterocycles. The lowest BCUT2D eigenvalue weighted by Crippen LogP contribution is -2.08. The van der Waals surface area contributed by atoms with Gasteiger partial charge in [-0.2, -0.15) is 18.3 Å². The molecule has 126 valence electrons. The number of nitrogens with one attached hydrogen (secondary N) is 2. The predicted molar refractivity (Wildman–Crippen MR) is 85.6 cm³/mol. The molecule has 0 saturated carbocycles. The summed E-state index contributed by atoms with van der Waals surface area (Å²) in [5, 5.41) is 19.6. The zero-order valence-corrected chi connectivity index (χ0v) is 12.5. The van der Waals surface area contributed by atoms with E-state index in [1.807, 2.05) is 0 Å². The van der Waals surface area contributed by atoms with E-state index in [0.717, 1.165) is 11.7 Å². The molecule has 25 heavy (non-hydrogen) atoms. The Morgan fingerprint density at radius 1 is 1.08 bits per heavy atom. The summed E-state index contributed by atoms with van der Waals surface area (Å²) in [6, 6.07) is 7.68. The van der Waals surface area contributed by atoms with Gasteiger partial charge in [-0.3, -0.25) is 10.1 Å². The van der Waals surface area contributed by atoms with Gasteiger partial charge >= 0.3 is 6.18 Å². The number of aromatic nitrogens is 4. The molecule has 0 radical (unpaired) electrons. The Balaban J connectivity index is 1.80. The van der Waals surface area contributed by atoms with Crippen molar-refractivity contribution in [3.05, 3.63) is 48.4 Å². The van der Waals surface area contributed by atoms with Gasteiger partial charge in [-0.25, -0.2) is 4.98 Å². The number of fused-ring (bicyclic) bond motifs is 2. The molecule has 6 nitrogen and oxygen atoms in total. The molecule has 0 bridgehead atoms.